The molecule has 8 heteroatoms. The molecule has 28 heavy (non-hydrogen) atoms. The van der Waals surface area contributed by atoms with Crippen molar-refractivity contribution in [3.8, 4) is 0 Å². The van der Waals surface area contributed by atoms with E-state index in [2.05, 4.69) is 5.32 Å². The summed E-state index contributed by atoms with van der Waals surface area (Å²) >= 11 is 1.42. The van der Waals surface area contributed by atoms with Crippen molar-refractivity contribution < 1.29 is 23.5 Å². The van der Waals surface area contributed by atoms with Gasteiger partial charge >= 0.3 is 5.97 Å². The molecule has 1 aliphatic rings. The zero-order valence-corrected chi connectivity index (χ0v) is 16.7. The number of amides is 2. The van der Waals surface area contributed by atoms with Gasteiger partial charge in [0.15, 0.2) is 6.61 Å². The summed E-state index contributed by atoms with van der Waals surface area (Å²) in [6.07, 6.45) is 1.53. The number of carbonyl (C=O) groups is 3. The Morgan fingerprint density at radius 2 is 2.07 bits per heavy atom. The monoisotopic (exact) mass is 402 g/mol. The number of nitrogens with one attached hydrogen (secondary N) is 1. The minimum absolute atomic E-state index is 0.256. The maximum atomic E-state index is 12.5. The van der Waals surface area contributed by atoms with Gasteiger partial charge in [-0.15, -0.1) is 11.8 Å². The van der Waals surface area contributed by atoms with Crippen LogP contribution in [-0.2, 0) is 19.1 Å². The van der Waals surface area contributed by atoms with E-state index in [-0.39, 0.29) is 11.3 Å². The SMILES string of the molecule is CC(=O)N1[C@@H](c2ccco2)SC[C@H]1C(=O)OCC(=O)Nc1ccc(C)cc1C. The Balaban J connectivity index is 1.59. The van der Waals surface area contributed by atoms with Gasteiger partial charge < -0.3 is 19.4 Å². The number of thioether (sulfide) groups is 1. The Hall–Kier alpha value is -2.74. The highest BCUT2D eigenvalue weighted by Crippen LogP contribution is 2.41. The average molecular weight is 402 g/mol. The largest absolute Gasteiger partial charge is 0.466 e. The first-order chi connectivity index (χ1) is 13.4. The number of hydrogen-bond donors (Lipinski definition) is 1. The van der Waals surface area contributed by atoms with Crippen LogP contribution in [0.15, 0.2) is 41.0 Å². The Bertz CT molecular complexity index is 881. The molecule has 3 rings (SSSR count). The van der Waals surface area contributed by atoms with Gasteiger partial charge in [-0.3, -0.25) is 9.59 Å². The molecule has 0 radical (unpaired) electrons. The molecular formula is C20H22N2O5S. The molecule has 1 aromatic heterocycles. The van der Waals surface area contributed by atoms with Crippen LogP contribution in [0.1, 0.15) is 29.2 Å². The van der Waals surface area contributed by atoms with E-state index in [1.54, 1.807) is 12.1 Å². The third-order valence-electron chi connectivity index (χ3n) is 4.42. The minimum atomic E-state index is -0.758. The molecule has 7 nitrogen and oxygen atoms in total. The highest BCUT2D eigenvalue weighted by Gasteiger charge is 2.43. The molecule has 2 atom stereocenters. The van der Waals surface area contributed by atoms with Crippen molar-refractivity contribution in [2.45, 2.75) is 32.2 Å². The second-order valence-electron chi connectivity index (χ2n) is 6.62. The number of rotatable bonds is 5. The van der Waals surface area contributed by atoms with Gasteiger partial charge in [-0.05, 0) is 37.6 Å². The number of esters is 1. The van der Waals surface area contributed by atoms with Gasteiger partial charge in [-0.1, -0.05) is 17.7 Å². The molecule has 1 saturated heterocycles. The molecule has 1 aliphatic heterocycles. The number of carbonyl (C=O) groups excluding carboxylic acids is 3. The van der Waals surface area contributed by atoms with E-state index >= 15 is 0 Å². The van der Waals surface area contributed by atoms with E-state index in [0.717, 1.165) is 11.1 Å². The van der Waals surface area contributed by atoms with Crippen molar-refractivity contribution in [1.29, 1.82) is 0 Å². The second-order valence-corrected chi connectivity index (χ2v) is 7.73. The summed E-state index contributed by atoms with van der Waals surface area (Å²) in [7, 11) is 0. The van der Waals surface area contributed by atoms with Crippen LogP contribution in [0.4, 0.5) is 5.69 Å². The zero-order chi connectivity index (χ0) is 20.3. The summed E-state index contributed by atoms with van der Waals surface area (Å²) in [5.74, 6) is -0.311. The van der Waals surface area contributed by atoms with Gasteiger partial charge in [0.05, 0.1) is 6.26 Å². The maximum absolute atomic E-state index is 12.5. The molecule has 2 heterocycles. The van der Waals surface area contributed by atoms with E-state index < -0.39 is 24.5 Å². The Kier molecular flexibility index (Phi) is 6.08. The predicted molar refractivity (Wildman–Crippen MR) is 106 cm³/mol. The first kappa shape index (κ1) is 20.0. The summed E-state index contributed by atoms with van der Waals surface area (Å²) in [5, 5.41) is 2.35. The van der Waals surface area contributed by atoms with E-state index in [4.69, 9.17) is 9.15 Å². The van der Waals surface area contributed by atoms with Crippen molar-refractivity contribution in [2.24, 2.45) is 0 Å². The van der Waals surface area contributed by atoms with Crippen LogP contribution in [0.5, 0.6) is 0 Å². The fraction of sp³-hybridized carbons (Fsp3) is 0.350. The molecular weight excluding hydrogens is 380 g/mol. The molecule has 0 unspecified atom stereocenters. The first-order valence-corrected chi connectivity index (χ1v) is 9.89. The number of aryl methyl sites for hydroxylation is 2. The molecule has 0 bridgehead atoms. The number of hydrogen-bond acceptors (Lipinski definition) is 6. The van der Waals surface area contributed by atoms with Crippen LogP contribution in [-0.4, -0.2) is 41.1 Å². The quantitative estimate of drug-likeness (QED) is 0.774. The van der Waals surface area contributed by atoms with Crippen LogP contribution >= 0.6 is 11.8 Å². The molecule has 1 fully saturated rings. The van der Waals surface area contributed by atoms with Gasteiger partial charge in [-0.25, -0.2) is 4.79 Å². The Morgan fingerprint density at radius 3 is 2.71 bits per heavy atom. The summed E-state index contributed by atoms with van der Waals surface area (Å²) in [6, 6.07) is 8.40. The van der Waals surface area contributed by atoms with Crippen LogP contribution in [0.25, 0.3) is 0 Å². The highest BCUT2D eigenvalue weighted by molar-refractivity contribution is 7.99. The molecule has 148 valence electrons. The number of nitrogens with zero attached hydrogens (tertiary/aromatic N) is 1. The standard InChI is InChI=1S/C20H22N2O5S/c1-12-6-7-15(13(2)9-12)21-18(24)10-27-20(25)16-11-28-19(22(16)14(3)23)17-5-4-8-26-17/h4-9,16,19H,10-11H2,1-3H3,(H,21,24)/t16-,19+/m0/s1. The lowest BCUT2D eigenvalue weighted by Gasteiger charge is -2.25. The van der Waals surface area contributed by atoms with E-state index in [1.807, 2.05) is 32.0 Å². The van der Waals surface area contributed by atoms with Crippen LogP contribution in [0.3, 0.4) is 0 Å². The lowest BCUT2D eigenvalue weighted by molar-refractivity contribution is -0.155. The van der Waals surface area contributed by atoms with E-state index in [1.165, 1.54) is 29.8 Å². The summed E-state index contributed by atoms with van der Waals surface area (Å²) in [6.45, 7) is 4.85. The zero-order valence-electron chi connectivity index (χ0n) is 15.9. The predicted octanol–water partition coefficient (Wildman–Crippen LogP) is 3.04. The lowest BCUT2D eigenvalue weighted by atomic mass is 10.1. The number of anilines is 1. The second kappa shape index (κ2) is 8.52. The molecule has 0 aliphatic carbocycles. The highest BCUT2D eigenvalue weighted by atomic mass is 32.2. The smallest absolute Gasteiger partial charge is 0.330 e. The molecule has 2 amide bonds. The fourth-order valence-electron chi connectivity index (χ4n) is 3.10. The fourth-order valence-corrected chi connectivity index (χ4v) is 4.51. The van der Waals surface area contributed by atoms with Gasteiger partial charge in [-0.2, -0.15) is 0 Å². The lowest BCUT2D eigenvalue weighted by Crippen LogP contribution is -2.43. The molecule has 1 N–H and O–H groups in total. The third kappa shape index (κ3) is 4.39. The van der Waals surface area contributed by atoms with Gasteiger partial charge in [0.1, 0.15) is 17.2 Å². The van der Waals surface area contributed by atoms with Gasteiger partial charge in [0.25, 0.3) is 5.91 Å². The summed E-state index contributed by atoms with van der Waals surface area (Å²) < 4.78 is 10.6. The van der Waals surface area contributed by atoms with Gasteiger partial charge in [0.2, 0.25) is 5.91 Å². The Morgan fingerprint density at radius 1 is 1.29 bits per heavy atom. The van der Waals surface area contributed by atoms with Crippen molar-refractivity contribution in [3.63, 3.8) is 0 Å². The van der Waals surface area contributed by atoms with Crippen molar-refractivity contribution in [2.75, 3.05) is 17.7 Å². The first-order valence-electron chi connectivity index (χ1n) is 8.84. The normalized spacial score (nSPS) is 18.8. The number of ether oxygens (including phenoxy) is 1. The Labute approximate surface area is 167 Å². The van der Waals surface area contributed by atoms with E-state index in [9.17, 15) is 14.4 Å². The number of benzene rings is 1. The average Bonchev–Trinajstić information content (AvgIpc) is 3.31. The van der Waals surface area contributed by atoms with Crippen LogP contribution < -0.4 is 5.32 Å². The van der Waals surface area contributed by atoms with Crippen molar-refractivity contribution >= 4 is 35.2 Å². The van der Waals surface area contributed by atoms with Gasteiger partial charge in [0, 0.05) is 18.4 Å². The number of furan rings is 1. The van der Waals surface area contributed by atoms with Crippen molar-refractivity contribution in [1.82, 2.24) is 4.90 Å². The van der Waals surface area contributed by atoms with Crippen LogP contribution in [0.2, 0.25) is 0 Å². The van der Waals surface area contributed by atoms with Crippen molar-refractivity contribution in [3.05, 3.63) is 53.5 Å². The molecule has 0 spiro atoms. The summed E-state index contributed by atoms with van der Waals surface area (Å²) in [4.78, 5) is 38.2. The molecule has 2 aromatic rings. The molecule has 1 aromatic carbocycles. The van der Waals surface area contributed by atoms with E-state index in [0.29, 0.717) is 17.2 Å². The molecule has 0 saturated carbocycles. The summed E-state index contributed by atoms with van der Waals surface area (Å²) in [5.41, 5.74) is 2.69. The maximum Gasteiger partial charge on any atom is 0.330 e. The minimum Gasteiger partial charge on any atom is -0.466 e. The third-order valence-corrected chi connectivity index (χ3v) is 5.71. The van der Waals surface area contributed by atoms with Crippen LogP contribution in [0, 0.1) is 13.8 Å². The topological polar surface area (TPSA) is 88.8 Å².